The van der Waals surface area contributed by atoms with Crippen LogP contribution in [0.25, 0.3) is 0 Å². The molecule has 0 radical (unpaired) electrons. The fourth-order valence-electron chi connectivity index (χ4n) is 1.27. The van der Waals surface area contributed by atoms with Crippen molar-refractivity contribution in [2.45, 2.75) is 31.1 Å². The highest BCUT2D eigenvalue weighted by molar-refractivity contribution is 7.80. The molecule has 0 heterocycles. The summed E-state index contributed by atoms with van der Waals surface area (Å²) in [5, 5.41) is 0. The minimum absolute atomic E-state index is 0.0570. The first-order valence-electron chi connectivity index (χ1n) is 4.46. The number of carbonyl (C=O) groups is 1. The summed E-state index contributed by atoms with van der Waals surface area (Å²) < 4.78 is 0. The smallest absolute Gasteiger partial charge is 0.127 e. The SMILES string of the molecule is CCc1ccc(C(C)C=O)c(S)c1. The van der Waals surface area contributed by atoms with E-state index in [9.17, 15) is 4.79 Å². The second-order valence-electron chi connectivity index (χ2n) is 3.17. The second kappa shape index (κ2) is 4.47. The van der Waals surface area contributed by atoms with Crippen LogP contribution in [0.5, 0.6) is 0 Å². The lowest BCUT2D eigenvalue weighted by Crippen LogP contribution is -1.96. The maximum Gasteiger partial charge on any atom is 0.127 e. The molecule has 0 saturated carbocycles. The van der Waals surface area contributed by atoms with Gasteiger partial charge in [-0.1, -0.05) is 26.0 Å². The monoisotopic (exact) mass is 194 g/mol. The average Bonchev–Trinajstić information content (AvgIpc) is 2.16. The molecule has 0 N–H and O–H groups in total. The molecule has 1 aromatic carbocycles. The van der Waals surface area contributed by atoms with Crippen LogP contribution < -0.4 is 0 Å². The number of thiol groups is 1. The van der Waals surface area contributed by atoms with E-state index in [0.717, 1.165) is 23.2 Å². The van der Waals surface area contributed by atoms with Gasteiger partial charge in [0, 0.05) is 10.8 Å². The van der Waals surface area contributed by atoms with Crippen molar-refractivity contribution in [1.29, 1.82) is 0 Å². The first kappa shape index (κ1) is 10.3. The van der Waals surface area contributed by atoms with Crippen LogP contribution in [0.3, 0.4) is 0 Å². The molecular formula is C11H14OS. The predicted molar refractivity (Wildman–Crippen MR) is 57.6 cm³/mol. The van der Waals surface area contributed by atoms with Crippen LogP contribution in [0.4, 0.5) is 0 Å². The van der Waals surface area contributed by atoms with Crippen molar-refractivity contribution in [3.63, 3.8) is 0 Å². The third kappa shape index (κ3) is 2.34. The topological polar surface area (TPSA) is 17.1 Å². The Labute approximate surface area is 84.6 Å². The lowest BCUT2D eigenvalue weighted by molar-refractivity contribution is -0.108. The van der Waals surface area contributed by atoms with Crippen molar-refractivity contribution in [3.05, 3.63) is 29.3 Å². The molecule has 1 aromatic rings. The Morgan fingerprint density at radius 2 is 2.23 bits per heavy atom. The van der Waals surface area contributed by atoms with E-state index in [0.29, 0.717) is 0 Å². The summed E-state index contributed by atoms with van der Waals surface area (Å²) in [6.07, 6.45) is 1.95. The van der Waals surface area contributed by atoms with Crippen LogP contribution in [-0.4, -0.2) is 6.29 Å². The number of benzene rings is 1. The van der Waals surface area contributed by atoms with Crippen molar-refractivity contribution in [1.82, 2.24) is 0 Å². The molecule has 0 amide bonds. The Balaban J connectivity index is 3.04. The zero-order valence-corrected chi connectivity index (χ0v) is 8.84. The molecule has 0 aromatic heterocycles. The molecule has 0 fully saturated rings. The molecule has 0 bridgehead atoms. The molecule has 70 valence electrons. The van der Waals surface area contributed by atoms with E-state index in [4.69, 9.17) is 0 Å². The molecule has 0 aliphatic carbocycles. The highest BCUT2D eigenvalue weighted by Crippen LogP contribution is 2.22. The van der Waals surface area contributed by atoms with Crippen molar-refractivity contribution >= 4 is 18.9 Å². The Bertz CT molecular complexity index is 307. The van der Waals surface area contributed by atoms with Crippen LogP contribution in [-0.2, 0) is 11.2 Å². The van der Waals surface area contributed by atoms with E-state index in [1.165, 1.54) is 5.56 Å². The highest BCUT2D eigenvalue weighted by Gasteiger charge is 2.07. The van der Waals surface area contributed by atoms with E-state index < -0.39 is 0 Å². The van der Waals surface area contributed by atoms with Crippen LogP contribution in [0.2, 0.25) is 0 Å². The normalized spacial score (nSPS) is 12.5. The summed E-state index contributed by atoms with van der Waals surface area (Å²) in [6, 6.07) is 6.06. The van der Waals surface area contributed by atoms with Crippen molar-refractivity contribution < 1.29 is 4.79 Å². The van der Waals surface area contributed by atoms with Gasteiger partial charge in [-0.2, -0.15) is 0 Å². The number of carbonyl (C=O) groups excluding carboxylic acids is 1. The van der Waals surface area contributed by atoms with Crippen LogP contribution in [0.15, 0.2) is 23.1 Å². The van der Waals surface area contributed by atoms with Gasteiger partial charge in [-0.15, -0.1) is 12.6 Å². The second-order valence-corrected chi connectivity index (χ2v) is 3.65. The summed E-state index contributed by atoms with van der Waals surface area (Å²) in [5.41, 5.74) is 2.27. The Morgan fingerprint density at radius 3 is 2.69 bits per heavy atom. The Morgan fingerprint density at radius 1 is 1.54 bits per heavy atom. The van der Waals surface area contributed by atoms with Crippen LogP contribution >= 0.6 is 12.6 Å². The van der Waals surface area contributed by atoms with E-state index in [1.54, 1.807) is 0 Å². The molecule has 1 atom stereocenters. The largest absolute Gasteiger partial charge is 0.303 e. The first-order valence-corrected chi connectivity index (χ1v) is 4.90. The molecule has 1 rings (SSSR count). The molecule has 1 unspecified atom stereocenters. The number of hydrogen-bond donors (Lipinski definition) is 1. The van der Waals surface area contributed by atoms with Gasteiger partial charge < -0.3 is 4.79 Å². The minimum Gasteiger partial charge on any atom is -0.303 e. The summed E-state index contributed by atoms with van der Waals surface area (Å²) in [6.45, 7) is 3.99. The van der Waals surface area contributed by atoms with Crippen LogP contribution in [0, 0.1) is 0 Å². The van der Waals surface area contributed by atoms with Gasteiger partial charge in [0.05, 0.1) is 0 Å². The zero-order valence-electron chi connectivity index (χ0n) is 7.95. The summed E-state index contributed by atoms with van der Waals surface area (Å²) in [7, 11) is 0. The van der Waals surface area contributed by atoms with Gasteiger partial charge >= 0.3 is 0 Å². The van der Waals surface area contributed by atoms with Gasteiger partial charge in [0.15, 0.2) is 0 Å². The lowest BCUT2D eigenvalue weighted by atomic mass is 10.0. The standard InChI is InChI=1S/C11H14OS/c1-3-9-4-5-10(8(2)7-12)11(13)6-9/h4-8,13H,3H2,1-2H3. The van der Waals surface area contributed by atoms with E-state index in [2.05, 4.69) is 25.6 Å². The van der Waals surface area contributed by atoms with Gasteiger partial charge in [-0.25, -0.2) is 0 Å². The Kier molecular flexibility index (Phi) is 3.55. The van der Waals surface area contributed by atoms with Crippen molar-refractivity contribution in [2.24, 2.45) is 0 Å². The lowest BCUT2D eigenvalue weighted by Gasteiger charge is -2.08. The van der Waals surface area contributed by atoms with E-state index >= 15 is 0 Å². The van der Waals surface area contributed by atoms with E-state index in [1.807, 2.05) is 19.1 Å². The minimum atomic E-state index is -0.0570. The maximum atomic E-state index is 10.6. The molecule has 2 heteroatoms. The average molecular weight is 194 g/mol. The van der Waals surface area contributed by atoms with Crippen molar-refractivity contribution in [3.8, 4) is 0 Å². The fraction of sp³-hybridized carbons (Fsp3) is 0.364. The molecule has 0 aliphatic rings. The fourth-order valence-corrected chi connectivity index (χ4v) is 1.71. The van der Waals surface area contributed by atoms with Gasteiger partial charge in [0.1, 0.15) is 6.29 Å². The van der Waals surface area contributed by atoms with Crippen molar-refractivity contribution in [2.75, 3.05) is 0 Å². The number of hydrogen-bond acceptors (Lipinski definition) is 2. The van der Waals surface area contributed by atoms with Gasteiger partial charge in [-0.3, -0.25) is 0 Å². The third-order valence-corrected chi connectivity index (χ3v) is 2.59. The number of aldehydes is 1. The van der Waals surface area contributed by atoms with Gasteiger partial charge in [-0.05, 0) is 23.6 Å². The summed E-state index contributed by atoms with van der Waals surface area (Å²) in [4.78, 5) is 11.5. The Hall–Kier alpha value is -0.760. The number of rotatable bonds is 3. The third-order valence-electron chi connectivity index (χ3n) is 2.20. The van der Waals surface area contributed by atoms with Gasteiger partial charge in [0.25, 0.3) is 0 Å². The zero-order chi connectivity index (χ0) is 9.84. The number of aryl methyl sites for hydroxylation is 1. The van der Waals surface area contributed by atoms with E-state index in [-0.39, 0.29) is 5.92 Å². The molecule has 0 spiro atoms. The first-order chi connectivity index (χ1) is 6.19. The predicted octanol–water partition coefficient (Wildman–Crippen LogP) is 2.84. The highest BCUT2D eigenvalue weighted by atomic mass is 32.1. The molecule has 0 saturated heterocycles. The quantitative estimate of drug-likeness (QED) is 0.578. The molecule has 13 heavy (non-hydrogen) atoms. The molecule has 0 aliphatic heterocycles. The summed E-state index contributed by atoms with van der Waals surface area (Å²) >= 11 is 4.36. The molecular weight excluding hydrogens is 180 g/mol. The van der Waals surface area contributed by atoms with Gasteiger partial charge in [0.2, 0.25) is 0 Å². The van der Waals surface area contributed by atoms with Crippen LogP contribution in [0.1, 0.15) is 30.9 Å². The summed E-state index contributed by atoms with van der Waals surface area (Å²) in [5.74, 6) is -0.0570. The molecule has 1 nitrogen and oxygen atoms in total. The maximum absolute atomic E-state index is 10.6.